The molecule has 2 rings (SSSR count). The third-order valence-electron chi connectivity index (χ3n) is 3.07. The summed E-state index contributed by atoms with van der Waals surface area (Å²) in [5, 5.41) is 3.58. The lowest BCUT2D eigenvalue weighted by Crippen LogP contribution is -2.23. The standard InChI is InChI=1S/C16H17BrIN/c1-2-19-16(10-12-6-4-3-5-7-12)14-11-13(18)8-9-15(14)17/h3-9,11,16,19H,2,10H2,1H3. The number of nitrogens with one attached hydrogen (secondary N) is 1. The molecular formula is C16H17BrIN. The fourth-order valence-corrected chi connectivity index (χ4v) is 3.21. The Morgan fingerprint density at radius 1 is 1.16 bits per heavy atom. The van der Waals surface area contributed by atoms with Crippen molar-refractivity contribution in [2.24, 2.45) is 0 Å². The molecule has 0 saturated carbocycles. The first-order valence-corrected chi connectivity index (χ1v) is 8.30. The number of rotatable bonds is 5. The van der Waals surface area contributed by atoms with Gasteiger partial charge in [-0.05, 0) is 64.9 Å². The van der Waals surface area contributed by atoms with Crippen LogP contribution in [0.15, 0.2) is 53.0 Å². The fraction of sp³-hybridized carbons (Fsp3) is 0.250. The minimum absolute atomic E-state index is 0.344. The van der Waals surface area contributed by atoms with Crippen LogP contribution in [0.4, 0.5) is 0 Å². The van der Waals surface area contributed by atoms with Gasteiger partial charge in [0, 0.05) is 14.1 Å². The number of halogens is 2. The molecule has 100 valence electrons. The molecule has 0 radical (unpaired) electrons. The summed E-state index contributed by atoms with van der Waals surface area (Å²) in [5.74, 6) is 0. The van der Waals surface area contributed by atoms with Gasteiger partial charge in [-0.25, -0.2) is 0 Å². The first kappa shape index (κ1) is 15.0. The molecule has 3 heteroatoms. The molecule has 0 heterocycles. The summed E-state index contributed by atoms with van der Waals surface area (Å²) in [6.45, 7) is 3.12. The highest BCUT2D eigenvalue weighted by atomic mass is 127. The van der Waals surface area contributed by atoms with Gasteiger partial charge in [-0.2, -0.15) is 0 Å². The number of benzene rings is 2. The van der Waals surface area contributed by atoms with Crippen molar-refractivity contribution in [1.82, 2.24) is 5.32 Å². The Morgan fingerprint density at radius 3 is 2.58 bits per heavy atom. The second kappa shape index (κ2) is 7.41. The monoisotopic (exact) mass is 429 g/mol. The van der Waals surface area contributed by atoms with Gasteiger partial charge in [0.15, 0.2) is 0 Å². The lowest BCUT2D eigenvalue weighted by atomic mass is 9.99. The van der Waals surface area contributed by atoms with E-state index in [0.717, 1.165) is 13.0 Å². The number of hydrogen-bond acceptors (Lipinski definition) is 1. The van der Waals surface area contributed by atoms with Crippen LogP contribution in [0.3, 0.4) is 0 Å². The van der Waals surface area contributed by atoms with Crippen LogP contribution in [0.25, 0.3) is 0 Å². The molecular weight excluding hydrogens is 413 g/mol. The van der Waals surface area contributed by atoms with Crippen LogP contribution < -0.4 is 5.32 Å². The summed E-state index contributed by atoms with van der Waals surface area (Å²) in [6.07, 6.45) is 1.01. The highest BCUT2D eigenvalue weighted by Gasteiger charge is 2.14. The van der Waals surface area contributed by atoms with Crippen LogP contribution >= 0.6 is 38.5 Å². The molecule has 0 aliphatic carbocycles. The molecule has 1 N–H and O–H groups in total. The molecule has 1 atom stereocenters. The first-order chi connectivity index (χ1) is 9.20. The SMILES string of the molecule is CCNC(Cc1ccccc1)c1cc(I)ccc1Br. The normalized spacial score (nSPS) is 12.4. The molecule has 0 aliphatic heterocycles. The molecule has 1 unspecified atom stereocenters. The van der Waals surface area contributed by atoms with E-state index in [9.17, 15) is 0 Å². The van der Waals surface area contributed by atoms with E-state index in [1.54, 1.807) is 0 Å². The number of likely N-dealkylation sites (N-methyl/N-ethyl adjacent to an activating group) is 1. The maximum absolute atomic E-state index is 3.67. The van der Waals surface area contributed by atoms with Crippen LogP contribution in [0.2, 0.25) is 0 Å². The number of hydrogen-bond donors (Lipinski definition) is 1. The molecule has 0 fully saturated rings. The minimum atomic E-state index is 0.344. The molecule has 0 saturated heterocycles. The van der Waals surface area contributed by atoms with Crippen molar-refractivity contribution in [3.8, 4) is 0 Å². The fourth-order valence-electron chi connectivity index (χ4n) is 2.17. The molecule has 19 heavy (non-hydrogen) atoms. The van der Waals surface area contributed by atoms with Gasteiger partial charge in [0.2, 0.25) is 0 Å². The van der Waals surface area contributed by atoms with Crippen molar-refractivity contribution >= 4 is 38.5 Å². The molecule has 0 spiro atoms. The van der Waals surface area contributed by atoms with E-state index in [0.29, 0.717) is 6.04 Å². The second-order valence-corrected chi connectivity index (χ2v) is 6.57. The summed E-state index contributed by atoms with van der Waals surface area (Å²) < 4.78 is 2.45. The second-order valence-electron chi connectivity index (χ2n) is 4.47. The lowest BCUT2D eigenvalue weighted by molar-refractivity contribution is 0.547. The van der Waals surface area contributed by atoms with Crippen molar-refractivity contribution in [3.05, 3.63) is 67.7 Å². The van der Waals surface area contributed by atoms with Crippen LogP contribution in [-0.4, -0.2) is 6.54 Å². The molecule has 0 aliphatic rings. The Morgan fingerprint density at radius 2 is 1.89 bits per heavy atom. The largest absolute Gasteiger partial charge is 0.310 e. The van der Waals surface area contributed by atoms with E-state index in [4.69, 9.17) is 0 Å². The van der Waals surface area contributed by atoms with E-state index in [-0.39, 0.29) is 0 Å². The highest BCUT2D eigenvalue weighted by Crippen LogP contribution is 2.27. The zero-order valence-electron chi connectivity index (χ0n) is 10.9. The van der Waals surface area contributed by atoms with Crippen LogP contribution in [0, 0.1) is 3.57 Å². The predicted molar refractivity (Wildman–Crippen MR) is 93.4 cm³/mol. The summed E-state index contributed by atoms with van der Waals surface area (Å²) in [6, 6.07) is 17.5. The van der Waals surface area contributed by atoms with Crippen molar-refractivity contribution in [2.75, 3.05) is 6.54 Å². The van der Waals surface area contributed by atoms with Gasteiger partial charge in [0.25, 0.3) is 0 Å². The highest BCUT2D eigenvalue weighted by molar-refractivity contribution is 14.1. The summed E-state index contributed by atoms with van der Waals surface area (Å²) in [4.78, 5) is 0. The van der Waals surface area contributed by atoms with Gasteiger partial charge in [-0.3, -0.25) is 0 Å². The Balaban J connectivity index is 2.27. The van der Waals surface area contributed by atoms with Crippen LogP contribution in [0.5, 0.6) is 0 Å². The smallest absolute Gasteiger partial charge is 0.0372 e. The van der Waals surface area contributed by atoms with Gasteiger partial charge in [-0.15, -0.1) is 0 Å². The van der Waals surface area contributed by atoms with E-state index < -0.39 is 0 Å². The van der Waals surface area contributed by atoms with E-state index in [1.807, 2.05) is 0 Å². The van der Waals surface area contributed by atoms with Gasteiger partial charge < -0.3 is 5.32 Å². The lowest BCUT2D eigenvalue weighted by Gasteiger charge is -2.20. The van der Waals surface area contributed by atoms with Gasteiger partial charge >= 0.3 is 0 Å². The predicted octanol–water partition coefficient (Wildman–Crippen LogP) is 4.95. The molecule has 0 bridgehead atoms. The van der Waals surface area contributed by atoms with E-state index >= 15 is 0 Å². The Kier molecular flexibility index (Phi) is 5.85. The van der Waals surface area contributed by atoms with Crippen LogP contribution in [-0.2, 0) is 6.42 Å². The summed E-state index contributed by atoms with van der Waals surface area (Å²) in [5.41, 5.74) is 2.69. The van der Waals surface area contributed by atoms with E-state index in [2.05, 4.69) is 99.3 Å². The zero-order valence-corrected chi connectivity index (χ0v) is 14.6. The maximum atomic E-state index is 3.67. The van der Waals surface area contributed by atoms with Crippen molar-refractivity contribution in [1.29, 1.82) is 0 Å². The topological polar surface area (TPSA) is 12.0 Å². The third kappa shape index (κ3) is 4.29. The van der Waals surface area contributed by atoms with Gasteiger partial charge in [-0.1, -0.05) is 53.2 Å². The first-order valence-electron chi connectivity index (χ1n) is 6.43. The summed E-state index contributed by atoms with van der Waals surface area (Å²) in [7, 11) is 0. The van der Waals surface area contributed by atoms with Gasteiger partial charge in [0.05, 0.1) is 0 Å². The van der Waals surface area contributed by atoms with Crippen molar-refractivity contribution in [2.45, 2.75) is 19.4 Å². The van der Waals surface area contributed by atoms with Crippen molar-refractivity contribution in [3.63, 3.8) is 0 Å². The maximum Gasteiger partial charge on any atom is 0.0372 e. The quantitative estimate of drug-likeness (QED) is 0.663. The molecule has 2 aromatic carbocycles. The molecule has 1 nitrogen and oxygen atoms in total. The Bertz CT molecular complexity index is 528. The van der Waals surface area contributed by atoms with Gasteiger partial charge in [0.1, 0.15) is 0 Å². The van der Waals surface area contributed by atoms with E-state index in [1.165, 1.54) is 19.2 Å². The minimum Gasteiger partial charge on any atom is -0.310 e. The Hall–Kier alpha value is -0.390. The zero-order chi connectivity index (χ0) is 13.7. The Labute approximate surface area is 137 Å². The van der Waals surface area contributed by atoms with Crippen molar-refractivity contribution < 1.29 is 0 Å². The average Bonchev–Trinajstić information content (AvgIpc) is 2.42. The average molecular weight is 430 g/mol. The molecule has 2 aromatic rings. The summed E-state index contributed by atoms with van der Waals surface area (Å²) >= 11 is 6.04. The molecule has 0 amide bonds. The molecule has 0 aromatic heterocycles. The third-order valence-corrected chi connectivity index (χ3v) is 4.46. The van der Waals surface area contributed by atoms with Crippen LogP contribution in [0.1, 0.15) is 24.1 Å².